The second kappa shape index (κ2) is 5.21. The molecule has 86 valence electrons. The van der Waals surface area contributed by atoms with E-state index < -0.39 is 0 Å². The summed E-state index contributed by atoms with van der Waals surface area (Å²) in [6.07, 6.45) is 1.18. The van der Waals surface area contributed by atoms with Crippen LogP contribution in [0.5, 0.6) is 0 Å². The van der Waals surface area contributed by atoms with E-state index in [9.17, 15) is 4.79 Å². The smallest absolute Gasteiger partial charge is 0.176 e. The lowest BCUT2D eigenvalue weighted by atomic mass is 9.96. The number of Topliss-reactive ketones (excluding diaryl/α,β-unsaturated/α-hetero) is 1. The standard InChI is InChI=1S/C12H14ClNOS/c13-11-5-8(12(15)6-14)1-2-10(11)9-3-4-16-7-9/h1-2,5,9H,3-4,6-7,14H2. The Hall–Kier alpha value is -0.510. The quantitative estimate of drug-likeness (QED) is 0.845. The van der Waals surface area contributed by atoms with E-state index in [4.69, 9.17) is 17.3 Å². The molecule has 1 aliphatic rings. The molecule has 2 nitrogen and oxygen atoms in total. The van der Waals surface area contributed by atoms with E-state index in [1.54, 1.807) is 6.07 Å². The highest BCUT2D eigenvalue weighted by atomic mass is 35.5. The van der Waals surface area contributed by atoms with Crippen LogP contribution in [0, 0.1) is 0 Å². The maximum atomic E-state index is 11.4. The lowest BCUT2D eigenvalue weighted by molar-refractivity contribution is 0.100. The molecule has 2 rings (SSSR count). The maximum absolute atomic E-state index is 11.4. The SMILES string of the molecule is NCC(=O)c1ccc(C2CCSC2)c(Cl)c1. The van der Waals surface area contributed by atoms with E-state index in [0.717, 1.165) is 5.75 Å². The molecule has 0 spiro atoms. The molecule has 2 N–H and O–H groups in total. The molecular weight excluding hydrogens is 242 g/mol. The van der Waals surface area contributed by atoms with Gasteiger partial charge in [0.2, 0.25) is 0 Å². The zero-order valence-electron chi connectivity index (χ0n) is 8.91. The van der Waals surface area contributed by atoms with Gasteiger partial charge in [0, 0.05) is 16.3 Å². The van der Waals surface area contributed by atoms with E-state index in [1.165, 1.54) is 17.7 Å². The number of carbonyl (C=O) groups is 1. The second-order valence-electron chi connectivity index (χ2n) is 3.92. The van der Waals surface area contributed by atoms with E-state index in [0.29, 0.717) is 16.5 Å². The first-order valence-corrected chi connectivity index (χ1v) is 6.86. The zero-order valence-corrected chi connectivity index (χ0v) is 10.5. The fourth-order valence-electron chi connectivity index (χ4n) is 1.93. The summed E-state index contributed by atoms with van der Waals surface area (Å²) in [6, 6.07) is 5.55. The molecule has 1 aliphatic heterocycles. The molecule has 1 unspecified atom stereocenters. The number of nitrogens with two attached hydrogens (primary N) is 1. The molecule has 0 radical (unpaired) electrons. The normalized spacial score (nSPS) is 20.0. The Kier molecular flexibility index (Phi) is 3.90. The van der Waals surface area contributed by atoms with Crippen molar-refractivity contribution in [1.29, 1.82) is 0 Å². The summed E-state index contributed by atoms with van der Waals surface area (Å²) >= 11 is 8.16. The van der Waals surface area contributed by atoms with Crippen molar-refractivity contribution in [3.63, 3.8) is 0 Å². The van der Waals surface area contributed by atoms with Crippen molar-refractivity contribution in [3.8, 4) is 0 Å². The molecule has 1 fully saturated rings. The number of halogens is 1. The summed E-state index contributed by atoms with van der Waals surface area (Å²) in [4.78, 5) is 11.4. The first-order chi connectivity index (χ1) is 7.72. The van der Waals surface area contributed by atoms with E-state index in [1.807, 2.05) is 23.9 Å². The fraction of sp³-hybridized carbons (Fsp3) is 0.417. The number of rotatable bonds is 3. The molecule has 1 saturated heterocycles. The van der Waals surface area contributed by atoms with Crippen molar-refractivity contribution in [2.24, 2.45) is 5.73 Å². The molecule has 16 heavy (non-hydrogen) atoms. The van der Waals surface area contributed by atoms with Gasteiger partial charge in [0.05, 0.1) is 6.54 Å². The third-order valence-corrected chi connectivity index (χ3v) is 4.37. The van der Waals surface area contributed by atoms with Crippen LogP contribution in [-0.2, 0) is 0 Å². The highest BCUT2D eigenvalue weighted by Crippen LogP contribution is 2.36. The molecule has 1 heterocycles. The van der Waals surface area contributed by atoms with Gasteiger partial charge in [0.15, 0.2) is 5.78 Å². The van der Waals surface area contributed by atoms with Crippen molar-refractivity contribution >= 4 is 29.1 Å². The van der Waals surface area contributed by atoms with Gasteiger partial charge >= 0.3 is 0 Å². The minimum Gasteiger partial charge on any atom is -0.324 e. The fourth-order valence-corrected chi connectivity index (χ4v) is 3.51. The van der Waals surface area contributed by atoms with Gasteiger partial charge in [-0.1, -0.05) is 23.7 Å². The predicted molar refractivity (Wildman–Crippen MR) is 69.5 cm³/mol. The van der Waals surface area contributed by atoms with Gasteiger partial charge in [-0.3, -0.25) is 4.79 Å². The number of ketones is 1. The average Bonchev–Trinajstić information content (AvgIpc) is 2.81. The summed E-state index contributed by atoms with van der Waals surface area (Å²) in [5.41, 5.74) is 7.10. The van der Waals surface area contributed by atoms with E-state index in [2.05, 4.69) is 0 Å². The Labute approximate surface area is 105 Å². The maximum Gasteiger partial charge on any atom is 0.176 e. The molecule has 0 bridgehead atoms. The lowest BCUT2D eigenvalue weighted by Gasteiger charge is -2.11. The monoisotopic (exact) mass is 255 g/mol. The van der Waals surface area contributed by atoms with E-state index >= 15 is 0 Å². The van der Waals surface area contributed by atoms with Crippen LogP contribution in [0.25, 0.3) is 0 Å². The first-order valence-electron chi connectivity index (χ1n) is 5.33. The van der Waals surface area contributed by atoms with Crippen molar-refractivity contribution in [3.05, 3.63) is 34.3 Å². The number of carbonyl (C=O) groups excluding carboxylic acids is 1. The molecule has 4 heteroatoms. The average molecular weight is 256 g/mol. The highest BCUT2D eigenvalue weighted by Gasteiger charge is 2.20. The molecule has 1 aromatic carbocycles. The highest BCUT2D eigenvalue weighted by molar-refractivity contribution is 7.99. The molecule has 0 aromatic heterocycles. The zero-order chi connectivity index (χ0) is 11.5. The van der Waals surface area contributed by atoms with E-state index in [-0.39, 0.29) is 12.3 Å². The van der Waals surface area contributed by atoms with Crippen LogP contribution in [-0.4, -0.2) is 23.8 Å². The van der Waals surface area contributed by atoms with Crippen molar-refractivity contribution in [2.45, 2.75) is 12.3 Å². The largest absolute Gasteiger partial charge is 0.324 e. The molecule has 0 amide bonds. The van der Waals surface area contributed by atoms with Crippen LogP contribution in [0.4, 0.5) is 0 Å². The number of benzene rings is 1. The minimum absolute atomic E-state index is 0.0367. The molecule has 1 atom stereocenters. The van der Waals surface area contributed by atoms with Gasteiger partial charge in [-0.2, -0.15) is 11.8 Å². The van der Waals surface area contributed by atoms with Crippen molar-refractivity contribution in [1.82, 2.24) is 0 Å². The van der Waals surface area contributed by atoms with Crippen molar-refractivity contribution < 1.29 is 4.79 Å². The summed E-state index contributed by atoms with van der Waals surface area (Å²) in [7, 11) is 0. The number of thioether (sulfide) groups is 1. The Balaban J connectivity index is 2.25. The Morgan fingerprint density at radius 2 is 2.38 bits per heavy atom. The van der Waals surface area contributed by atoms with Gasteiger partial charge in [-0.05, 0) is 29.7 Å². The van der Waals surface area contributed by atoms with Gasteiger partial charge in [-0.25, -0.2) is 0 Å². The summed E-state index contributed by atoms with van der Waals surface area (Å²) in [5, 5.41) is 0.701. The van der Waals surface area contributed by atoms with Crippen LogP contribution >= 0.6 is 23.4 Å². The number of hydrogen-bond donors (Lipinski definition) is 1. The third kappa shape index (κ3) is 2.42. The Morgan fingerprint density at radius 1 is 1.56 bits per heavy atom. The van der Waals surface area contributed by atoms with Crippen LogP contribution in [0.2, 0.25) is 5.02 Å². The topological polar surface area (TPSA) is 43.1 Å². The van der Waals surface area contributed by atoms with Crippen LogP contribution in [0.15, 0.2) is 18.2 Å². The van der Waals surface area contributed by atoms with Crippen LogP contribution in [0.1, 0.15) is 28.3 Å². The molecule has 0 saturated carbocycles. The predicted octanol–water partition coefficient (Wildman–Crippen LogP) is 2.70. The minimum atomic E-state index is -0.0609. The summed E-state index contributed by atoms with van der Waals surface area (Å²) < 4.78 is 0. The lowest BCUT2D eigenvalue weighted by Crippen LogP contribution is -2.13. The van der Waals surface area contributed by atoms with Gasteiger partial charge < -0.3 is 5.73 Å². The molecular formula is C12H14ClNOS. The second-order valence-corrected chi connectivity index (χ2v) is 5.48. The van der Waals surface area contributed by atoms with Crippen molar-refractivity contribution in [2.75, 3.05) is 18.1 Å². The van der Waals surface area contributed by atoms with Gasteiger partial charge in [0.25, 0.3) is 0 Å². The summed E-state index contributed by atoms with van der Waals surface area (Å²) in [6.45, 7) is 0.0367. The van der Waals surface area contributed by atoms with Crippen LogP contribution < -0.4 is 5.73 Å². The molecule has 0 aliphatic carbocycles. The number of hydrogen-bond acceptors (Lipinski definition) is 3. The third-order valence-electron chi connectivity index (χ3n) is 2.88. The first kappa shape index (κ1) is 12.0. The summed E-state index contributed by atoms with van der Waals surface area (Å²) in [5.74, 6) is 2.81. The molecule has 1 aromatic rings. The Bertz CT molecular complexity index is 402. The van der Waals surface area contributed by atoms with Gasteiger partial charge in [0.1, 0.15) is 0 Å². The van der Waals surface area contributed by atoms with Crippen LogP contribution in [0.3, 0.4) is 0 Å². The Morgan fingerprint density at radius 3 is 2.94 bits per heavy atom. The van der Waals surface area contributed by atoms with Gasteiger partial charge in [-0.15, -0.1) is 0 Å².